The molecule has 0 bridgehead atoms. The quantitative estimate of drug-likeness (QED) is 0.646. The number of nitrogens with zero attached hydrogens (tertiary/aromatic N) is 1. The lowest BCUT2D eigenvalue weighted by atomic mass is 10.2. The Labute approximate surface area is 105 Å². The molecule has 8 heteroatoms. The zero-order valence-corrected chi connectivity index (χ0v) is 9.78. The molecule has 19 heavy (non-hydrogen) atoms. The largest absolute Gasteiger partial charge is 0.419 e. The molecule has 1 rings (SSSR count). The van der Waals surface area contributed by atoms with Crippen LogP contribution in [0.1, 0.15) is 24.8 Å². The highest BCUT2D eigenvalue weighted by molar-refractivity contribution is 5.45. The molecule has 1 heterocycles. The first-order valence-electron chi connectivity index (χ1n) is 5.53. The maximum Gasteiger partial charge on any atom is 0.419 e. The third kappa shape index (κ3) is 5.80. The van der Waals surface area contributed by atoms with Gasteiger partial charge in [-0.2, -0.15) is 26.3 Å². The number of halogens is 6. The van der Waals surface area contributed by atoms with Gasteiger partial charge in [-0.25, -0.2) is 4.98 Å². The van der Waals surface area contributed by atoms with Crippen LogP contribution < -0.4 is 5.32 Å². The van der Waals surface area contributed by atoms with E-state index in [4.69, 9.17) is 0 Å². The number of nitrogens with one attached hydrogen (secondary N) is 1. The van der Waals surface area contributed by atoms with Crippen LogP contribution in [0.25, 0.3) is 0 Å². The lowest BCUT2D eigenvalue weighted by Crippen LogP contribution is -2.13. The molecule has 0 radical (unpaired) electrons. The fourth-order valence-electron chi connectivity index (χ4n) is 1.43. The van der Waals surface area contributed by atoms with Gasteiger partial charge in [0.05, 0.1) is 5.56 Å². The molecule has 0 saturated heterocycles. The monoisotopic (exact) mass is 286 g/mol. The van der Waals surface area contributed by atoms with Gasteiger partial charge < -0.3 is 5.32 Å². The molecule has 0 aliphatic rings. The van der Waals surface area contributed by atoms with Crippen LogP contribution in [0.5, 0.6) is 0 Å². The van der Waals surface area contributed by atoms with Gasteiger partial charge in [-0.05, 0) is 25.0 Å². The first kappa shape index (κ1) is 15.6. The molecule has 2 nitrogen and oxygen atoms in total. The molecule has 1 N–H and O–H groups in total. The molecule has 0 amide bonds. The number of alkyl halides is 6. The van der Waals surface area contributed by atoms with Crippen molar-refractivity contribution in [1.82, 2.24) is 4.98 Å². The fourth-order valence-corrected chi connectivity index (χ4v) is 1.43. The van der Waals surface area contributed by atoms with Gasteiger partial charge in [0.2, 0.25) is 0 Å². The van der Waals surface area contributed by atoms with E-state index in [1.54, 1.807) is 0 Å². The SMILES string of the molecule is FC(F)(F)CCCCNc1ncccc1C(F)(F)F. The van der Waals surface area contributed by atoms with Gasteiger partial charge in [-0.3, -0.25) is 0 Å². The lowest BCUT2D eigenvalue weighted by Gasteiger charge is -2.13. The van der Waals surface area contributed by atoms with Gasteiger partial charge in [-0.15, -0.1) is 0 Å². The molecule has 0 unspecified atom stereocenters. The summed E-state index contributed by atoms with van der Waals surface area (Å²) in [6.07, 6.45) is -8.54. The highest BCUT2D eigenvalue weighted by atomic mass is 19.4. The minimum atomic E-state index is -4.54. The van der Waals surface area contributed by atoms with Crippen molar-refractivity contribution >= 4 is 5.82 Å². The molecule has 0 spiro atoms. The van der Waals surface area contributed by atoms with Crippen LogP contribution in [0.4, 0.5) is 32.2 Å². The second-order valence-electron chi connectivity index (χ2n) is 3.90. The third-order valence-electron chi connectivity index (χ3n) is 2.29. The lowest BCUT2D eigenvalue weighted by molar-refractivity contribution is -0.137. The number of pyridine rings is 1. The van der Waals surface area contributed by atoms with Gasteiger partial charge in [0.15, 0.2) is 0 Å². The summed E-state index contributed by atoms with van der Waals surface area (Å²) in [6.45, 7) is 0.0101. The van der Waals surface area contributed by atoms with Crippen molar-refractivity contribution in [3.8, 4) is 0 Å². The summed E-state index contributed by atoms with van der Waals surface area (Å²) < 4.78 is 73.2. The van der Waals surface area contributed by atoms with E-state index in [-0.39, 0.29) is 25.2 Å². The van der Waals surface area contributed by atoms with E-state index >= 15 is 0 Å². The predicted molar refractivity (Wildman–Crippen MR) is 57.6 cm³/mol. The van der Waals surface area contributed by atoms with E-state index in [2.05, 4.69) is 10.3 Å². The van der Waals surface area contributed by atoms with Gasteiger partial charge >= 0.3 is 12.4 Å². The summed E-state index contributed by atoms with van der Waals surface area (Å²) in [7, 11) is 0. The topological polar surface area (TPSA) is 24.9 Å². The zero-order valence-electron chi connectivity index (χ0n) is 9.78. The van der Waals surface area contributed by atoms with E-state index in [0.29, 0.717) is 0 Å². The number of rotatable bonds is 5. The molecular weight excluding hydrogens is 274 g/mol. The fraction of sp³-hybridized carbons (Fsp3) is 0.545. The Hall–Kier alpha value is -1.47. The van der Waals surface area contributed by atoms with Crippen LogP contribution in [-0.2, 0) is 6.18 Å². The second-order valence-corrected chi connectivity index (χ2v) is 3.90. The summed E-state index contributed by atoms with van der Waals surface area (Å²) in [5, 5.41) is 2.41. The number of unbranched alkanes of at least 4 members (excludes halogenated alkanes) is 1. The summed E-state index contributed by atoms with van der Waals surface area (Å²) in [5.74, 6) is -0.359. The number of aromatic nitrogens is 1. The molecule has 0 aromatic carbocycles. The summed E-state index contributed by atoms with van der Waals surface area (Å²) in [5.41, 5.74) is -0.925. The van der Waals surface area contributed by atoms with Crippen molar-refractivity contribution in [2.75, 3.05) is 11.9 Å². The van der Waals surface area contributed by atoms with E-state index in [0.717, 1.165) is 12.1 Å². The Bertz CT molecular complexity index is 399. The number of hydrogen-bond donors (Lipinski definition) is 1. The smallest absolute Gasteiger partial charge is 0.370 e. The Morgan fingerprint density at radius 2 is 1.74 bits per heavy atom. The van der Waals surface area contributed by atoms with Crippen molar-refractivity contribution in [2.24, 2.45) is 0 Å². The Morgan fingerprint density at radius 1 is 1.05 bits per heavy atom. The maximum atomic E-state index is 12.6. The van der Waals surface area contributed by atoms with Crippen molar-refractivity contribution in [1.29, 1.82) is 0 Å². The highest BCUT2D eigenvalue weighted by Crippen LogP contribution is 2.33. The molecular formula is C11H12F6N2. The van der Waals surface area contributed by atoms with Crippen molar-refractivity contribution < 1.29 is 26.3 Å². The molecule has 0 saturated carbocycles. The average molecular weight is 286 g/mol. The van der Waals surface area contributed by atoms with Crippen LogP contribution in [0.15, 0.2) is 18.3 Å². The first-order valence-corrected chi connectivity index (χ1v) is 5.53. The molecule has 1 aromatic heterocycles. The molecule has 0 aliphatic heterocycles. The molecule has 0 fully saturated rings. The van der Waals surface area contributed by atoms with Crippen LogP contribution in [0, 0.1) is 0 Å². The maximum absolute atomic E-state index is 12.6. The molecule has 1 aromatic rings. The summed E-state index contributed by atoms with van der Waals surface area (Å²) >= 11 is 0. The Kier molecular flexibility index (Phi) is 5.02. The first-order chi connectivity index (χ1) is 8.70. The molecule has 0 aliphatic carbocycles. The Balaban J connectivity index is 2.46. The predicted octanol–water partition coefficient (Wildman–Crippen LogP) is 4.24. The van der Waals surface area contributed by atoms with E-state index < -0.39 is 24.3 Å². The minimum absolute atomic E-state index is 0.0101. The summed E-state index contributed by atoms with van der Waals surface area (Å²) in [6, 6.07) is 2.02. The molecule has 108 valence electrons. The highest BCUT2D eigenvalue weighted by Gasteiger charge is 2.34. The molecule has 0 atom stereocenters. The van der Waals surface area contributed by atoms with E-state index in [1.165, 1.54) is 6.20 Å². The van der Waals surface area contributed by atoms with Crippen LogP contribution in [0.2, 0.25) is 0 Å². The van der Waals surface area contributed by atoms with Crippen molar-refractivity contribution in [3.63, 3.8) is 0 Å². The minimum Gasteiger partial charge on any atom is -0.370 e. The Morgan fingerprint density at radius 3 is 2.32 bits per heavy atom. The van der Waals surface area contributed by atoms with Crippen LogP contribution in [0.3, 0.4) is 0 Å². The standard InChI is InChI=1S/C11H12F6N2/c12-10(13,14)5-1-2-6-18-9-8(11(15,16)17)4-3-7-19-9/h3-4,7H,1-2,5-6H2,(H,18,19). The van der Waals surface area contributed by atoms with E-state index in [1.807, 2.05) is 0 Å². The van der Waals surface area contributed by atoms with E-state index in [9.17, 15) is 26.3 Å². The van der Waals surface area contributed by atoms with Gasteiger partial charge in [-0.1, -0.05) is 0 Å². The van der Waals surface area contributed by atoms with Crippen LogP contribution in [-0.4, -0.2) is 17.7 Å². The zero-order chi connectivity index (χ0) is 14.5. The third-order valence-corrected chi connectivity index (χ3v) is 2.29. The van der Waals surface area contributed by atoms with Gasteiger partial charge in [0, 0.05) is 19.2 Å². The van der Waals surface area contributed by atoms with Crippen molar-refractivity contribution in [2.45, 2.75) is 31.6 Å². The number of anilines is 1. The second kappa shape index (κ2) is 6.12. The van der Waals surface area contributed by atoms with Gasteiger partial charge in [0.1, 0.15) is 5.82 Å². The van der Waals surface area contributed by atoms with Crippen LogP contribution >= 0.6 is 0 Å². The average Bonchev–Trinajstić information content (AvgIpc) is 2.26. The van der Waals surface area contributed by atoms with Gasteiger partial charge in [0.25, 0.3) is 0 Å². The normalized spacial score (nSPS) is 12.5. The number of hydrogen-bond acceptors (Lipinski definition) is 2. The van der Waals surface area contributed by atoms with Crippen molar-refractivity contribution in [3.05, 3.63) is 23.9 Å². The summed E-state index contributed by atoms with van der Waals surface area (Å²) in [4.78, 5) is 3.54.